The molecule has 0 aliphatic heterocycles. The number of amides is 1. The van der Waals surface area contributed by atoms with Gasteiger partial charge in [-0.3, -0.25) is 9.78 Å². The van der Waals surface area contributed by atoms with Gasteiger partial charge in [-0.2, -0.15) is 13.2 Å². The van der Waals surface area contributed by atoms with E-state index in [1.54, 1.807) is 0 Å². The Bertz CT molecular complexity index is 657. The Kier molecular flexibility index (Phi) is 4.11. The van der Waals surface area contributed by atoms with Gasteiger partial charge >= 0.3 is 6.18 Å². The number of carbonyl (C=O) groups is 1. The van der Waals surface area contributed by atoms with E-state index in [0.717, 1.165) is 18.3 Å². The Labute approximate surface area is 118 Å². The van der Waals surface area contributed by atoms with Gasteiger partial charge in [-0.05, 0) is 23.8 Å². The highest BCUT2D eigenvalue weighted by Gasteiger charge is 2.30. The first kappa shape index (κ1) is 14.8. The molecule has 0 atom stereocenters. The normalized spacial score (nSPS) is 11.2. The molecular weight excluding hydrogens is 285 g/mol. The molecule has 110 valence electrons. The van der Waals surface area contributed by atoms with Crippen molar-refractivity contribution >= 4 is 5.91 Å². The van der Waals surface area contributed by atoms with E-state index >= 15 is 0 Å². The number of carbonyl (C=O) groups excluding carboxylic acids is 1. The van der Waals surface area contributed by atoms with Gasteiger partial charge in [-0.25, -0.2) is 0 Å². The van der Waals surface area contributed by atoms with Crippen molar-refractivity contribution in [3.8, 4) is 5.75 Å². The van der Waals surface area contributed by atoms with Crippen LogP contribution in [0.3, 0.4) is 0 Å². The molecule has 0 bridgehead atoms. The van der Waals surface area contributed by atoms with Crippen LogP contribution >= 0.6 is 0 Å². The van der Waals surface area contributed by atoms with Crippen LogP contribution in [0.5, 0.6) is 5.75 Å². The van der Waals surface area contributed by atoms with Crippen LogP contribution in [-0.2, 0) is 12.7 Å². The van der Waals surface area contributed by atoms with Gasteiger partial charge < -0.3 is 10.4 Å². The van der Waals surface area contributed by atoms with Gasteiger partial charge in [0, 0.05) is 12.7 Å². The van der Waals surface area contributed by atoms with E-state index in [4.69, 9.17) is 0 Å². The van der Waals surface area contributed by atoms with Gasteiger partial charge in [0.15, 0.2) is 0 Å². The largest absolute Gasteiger partial charge is 0.505 e. The third-order valence-electron chi connectivity index (χ3n) is 2.75. The number of nitrogens with one attached hydrogen (secondary N) is 1. The number of benzene rings is 1. The Balaban J connectivity index is 2.07. The minimum atomic E-state index is -4.43. The molecule has 2 aromatic rings. The number of pyridine rings is 1. The fourth-order valence-corrected chi connectivity index (χ4v) is 1.71. The Hall–Kier alpha value is -2.57. The van der Waals surface area contributed by atoms with E-state index in [9.17, 15) is 23.1 Å². The van der Waals surface area contributed by atoms with Crippen molar-refractivity contribution < 1.29 is 23.1 Å². The second kappa shape index (κ2) is 5.82. The first-order valence-corrected chi connectivity index (χ1v) is 5.95. The van der Waals surface area contributed by atoms with Crippen molar-refractivity contribution in [2.45, 2.75) is 12.7 Å². The number of rotatable bonds is 3. The molecule has 1 aromatic heterocycles. The molecule has 1 heterocycles. The quantitative estimate of drug-likeness (QED) is 0.915. The number of halogens is 3. The van der Waals surface area contributed by atoms with E-state index in [2.05, 4.69) is 10.3 Å². The van der Waals surface area contributed by atoms with Crippen LogP contribution in [0, 0.1) is 0 Å². The first-order chi connectivity index (χ1) is 9.88. The number of nitrogens with zero attached hydrogens (tertiary/aromatic N) is 1. The summed E-state index contributed by atoms with van der Waals surface area (Å²) < 4.78 is 37.7. The minimum Gasteiger partial charge on any atom is -0.505 e. The van der Waals surface area contributed by atoms with Crippen molar-refractivity contribution in [1.82, 2.24) is 10.3 Å². The monoisotopic (exact) mass is 296 g/mol. The fourth-order valence-electron chi connectivity index (χ4n) is 1.71. The summed E-state index contributed by atoms with van der Waals surface area (Å²) >= 11 is 0. The van der Waals surface area contributed by atoms with Gasteiger partial charge in [0.2, 0.25) is 0 Å². The summed E-state index contributed by atoms with van der Waals surface area (Å²) in [6.45, 7) is -0.0789. The molecule has 2 N–H and O–H groups in total. The molecule has 0 aliphatic carbocycles. The number of aromatic nitrogens is 1. The lowest BCUT2D eigenvalue weighted by atomic mass is 10.1. The van der Waals surface area contributed by atoms with Gasteiger partial charge in [0.1, 0.15) is 5.75 Å². The van der Waals surface area contributed by atoms with Crippen molar-refractivity contribution in [3.63, 3.8) is 0 Å². The zero-order chi connectivity index (χ0) is 15.5. The highest BCUT2D eigenvalue weighted by atomic mass is 19.4. The predicted molar refractivity (Wildman–Crippen MR) is 68.5 cm³/mol. The van der Waals surface area contributed by atoms with Gasteiger partial charge in [-0.15, -0.1) is 0 Å². The Morgan fingerprint density at radius 3 is 2.71 bits per heavy atom. The molecule has 1 amide bonds. The lowest BCUT2D eigenvalue weighted by molar-refractivity contribution is -0.137. The summed E-state index contributed by atoms with van der Waals surface area (Å²) in [5.74, 6) is -0.883. The Morgan fingerprint density at radius 2 is 2.05 bits per heavy atom. The average Bonchev–Trinajstić information content (AvgIpc) is 2.45. The summed E-state index contributed by atoms with van der Waals surface area (Å²) in [6, 6.07) is 5.99. The first-order valence-electron chi connectivity index (χ1n) is 5.95. The van der Waals surface area contributed by atoms with Crippen molar-refractivity contribution in [2.75, 3.05) is 0 Å². The molecular formula is C14H11F3N2O2. The maximum Gasteiger partial charge on any atom is 0.416 e. The maximum absolute atomic E-state index is 12.6. The molecule has 0 saturated carbocycles. The zero-order valence-corrected chi connectivity index (χ0v) is 10.7. The van der Waals surface area contributed by atoms with Gasteiger partial charge in [0.05, 0.1) is 17.3 Å². The summed E-state index contributed by atoms with van der Waals surface area (Å²) in [5, 5.41) is 11.9. The van der Waals surface area contributed by atoms with Crippen molar-refractivity contribution in [3.05, 3.63) is 59.4 Å². The van der Waals surface area contributed by atoms with Crippen LogP contribution in [-0.4, -0.2) is 16.0 Å². The summed E-state index contributed by atoms with van der Waals surface area (Å²) in [5.41, 5.74) is -0.454. The SMILES string of the molecule is O=C(NCc1cccc(C(F)(F)F)c1)c1ccncc1O. The zero-order valence-electron chi connectivity index (χ0n) is 10.7. The van der Waals surface area contributed by atoms with E-state index in [-0.39, 0.29) is 17.9 Å². The lowest BCUT2D eigenvalue weighted by Crippen LogP contribution is -2.23. The molecule has 2 rings (SSSR count). The molecule has 0 spiro atoms. The number of alkyl halides is 3. The number of hydrogen-bond acceptors (Lipinski definition) is 3. The topological polar surface area (TPSA) is 62.2 Å². The molecule has 0 aliphatic rings. The lowest BCUT2D eigenvalue weighted by Gasteiger charge is -2.10. The summed E-state index contributed by atoms with van der Waals surface area (Å²) in [4.78, 5) is 15.4. The summed E-state index contributed by atoms with van der Waals surface area (Å²) in [7, 11) is 0. The van der Waals surface area contributed by atoms with Crippen molar-refractivity contribution in [2.24, 2.45) is 0 Å². The number of aromatic hydroxyl groups is 1. The van der Waals surface area contributed by atoms with Crippen LogP contribution in [0.4, 0.5) is 13.2 Å². The average molecular weight is 296 g/mol. The molecule has 0 radical (unpaired) electrons. The third kappa shape index (κ3) is 3.71. The van der Waals surface area contributed by atoms with Crippen LogP contribution in [0.2, 0.25) is 0 Å². The van der Waals surface area contributed by atoms with Gasteiger partial charge in [-0.1, -0.05) is 12.1 Å². The molecule has 21 heavy (non-hydrogen) atoms. The third-order valence-corrected chi connectivity index (χ3v) is 2.75. The van der Waals surface area contributed by atoms with Gasteiger partial charge in [0.25, 0.3) is 5.91 Å². The second-order valence-corrected chi connectivity index (χ2v) is 4.27. The molecule has 0 fully saturated rings. The van der Waals surface area contributed by atoms with Crippen LogP contribution in [0.25, 0.3) is 0 Å². The van der Waals surface area contributed by atoms with Crippen molar-refractivity contribution in [1.29, 1.82) is 0 Å². The molecule has 0 unspecified atom stereocenters. The smallest absolute Gasteiger partial charge is 0.416 e. The molecule has 4 nitrogen and oxygen atoms in total. The predicted octanol–water partition coefficient (Wildman–Crippen LogP) is 2.74. The highest BCUT2D eigenvalue weighted by Crippen LogP contribution is 2.29. The van der Waals surface area contributed by atoms with E-state index in [1.165, 1.54) is 24.4 Å². The van der Waals surface area contributed by atoms with Crippen LogP contribution in [0.15, 0.2) is 42.7 Å². The maximum atomic E-state index is 12.6. The van der Waals surface area contributed by atoms with E-state index in [1.807, 2.05) is 0 Å². The molecule has 0 saturated heterocycles. The van der Waals surface area contributed by atoms with Crippen LogP contribution < -0.4 is 5.32 Å². The standard InChI is InChI=1S/C14H11F3N2O2/c15-14(16,17)10-3-1-2-9(6-10)7-19-13(21)11-4-5-18-8-12(11)20/h1-6,8,20H,7H2,(H,19,21). The van der Waals surface area contributed by atoms with E-state index in [0.29, 0.717) is 5.56 Å². The molecule has 1 aromatic carbocycles. The summed E-state index contributed by atoms with van der Waals surface area (Å²) in [6.07, 6.45) is -1.98. The van der Waals surface area contributed by atoms with E-state index < -0.39 is 17.6 Å². The Morgan fingerprint density at radius 1 is 1.29 bits per heavy atom. The van der Waals surface area contributed by atoms with Crippen LogP contribution in [0.1, 0.15) is 21.5 Å². The number of hydrogen-bond donors (Lipinski definition) is 2. The minimum absolute atomic E-state index is 0.0111. The second-order valence-electron chi connectivity index (χ2n) is 4.27. The fraction of sp³-hybridized carbons (Fsp3) is 0.143. The molecule has 7 heteroatoms. The highest BCUT2D eigenvalue weighted by molar-refractivity contribution is 5.96.